The second-order valence-corrected chi connectivity index (χ2v) is 3.71. The van der Waals surface area contributed by atoms with E-state index in [4.69, 9.17) is 4.74 Å². The van der Waals surface area contributed by atoms with Crippen molar-refractivity contribution in [2.45, 2.75) is 25.7 Å². The van der Waals surface area contributed by atoms with Crippen molar-refractivity contribution in [3.63, 3.8) is 0 Å². The Morgan fingerprint density at radius 1 is 1.40 bits per heavy atom. The van der Waals surface area contributed by atoms with Crippen molar-refractivity contribution in [3.8, 4) is 5.75 Å². The molecule has 0 aliphatic carbocycles. The van der Waals surface area contributed by atoms with Gasteiger partial charge in [0, 0.05) is 5.92 Å². The second kappa shape index (κ2) is 5.59. The number of benzene rings is 1. The Balaban J connectivity index is 3.04. The van der Waals surface area contributed by atoms with Gasteiger partial charge in [-0.25, -0.2) is 0 Å². The number of methoxy groups -OCH3 is 1. The van der Waals surface area contributed by atoms with E-state index in [2.05, 4.69) is 32.6 Å². The number of ether oxygens (including phenoxy) is 1. The quantitative estimate of drug-likeness (QED) is 0.662. The Kier molecular flexibility index (Phi) is 4.41. The maximum Gasteiger partial charge on any atom is 0.119 e. The molecule has 0 bridgehead atoms. The van der Waals surface area contributed by atoms with Crippen molar-refractivity contribution >= 4 is 0 Å². The molecule has 1 heteroatoms. The molecule has 1 aromatic carbocycles. The van der Waals surface area contributed by atoms with Crippen molar-refractivity contribution in [2.75, 3.05) is 7.11 Å². The van der Waals surface area contributed by atoms with Gasteiger partial charge in [-0.1, -0.05) is 25.5 Å². The first kappa shape index (κ1) is 11.8. The highest BCUT2D eigenvalue weighted by Gasteiger charge is 2.05. The van der Waals surface area contributed by atoms with Gasteiger partial charge in [-0.15, -0.1) is 6.58 Å². The van der Waals surface area contributed by atoms with E-state index in [1.165, 1.54) is 11.1 Å². The SMILES string of the molecule is [CH2]C(C=C)c1cc(CCC)cc(OC)c1. The zero-order valence-electron chi connectivity index (χ0n) is 9.62. The van der Waals surface area contributed by atoms with Crippen molar-refractivity contribution in [2.24, 2.45) is 0 Å². The fourth-order valence-corrected chi connectivity index (χ4v) is 1.59. The maximum atomic E-state index is 5.27. The van der Waals surface area contributed by atoms with E-state index in [-0.39, 0.29) is 5.92 Å². The summed E-state index contributed by atoms with van der Waals surface area (Å²) in [6.07, 6.45) is 4.07. The van der Waals surface area contributed by atoms with Gasteiger partial charge >= 0.3 is 0 Å². The average Bonchev–Trinajstić information content (AvgIpc) is 2.28. The summed E-state index contributed by atoms with van der Waals surface area (Å²) in [6.45, 7) is 9.97. The van der Waals surface area contributed by atoms with E-state index in [1.54, 1.807) is 7.11 Å². The summed E-state index contributed by atoms with van der Waals surface area (Å²) in [5, 5.41) is 0. The van der Waals surface area contributed by atoms with Crippen LogP contribution in [0.3, 0.4) is 0 Å². The Labute approximate surface area is 92.8 Å². The van der Waals surface area contributed by atoms with Crippen LogP contribution >= 0.6 is 0 Å². The molecular weight excluding hydrogens is 184 g/mol. The minimum absolute atomic E-state index is 0.135. The van der Waals surface area contributed by atoms with Gasteiger partial charge in [-0.2, -0.15) is 0 Å². The van der Waals surface area contributed by atoms with Crippen LogP contribution in [0.5, 0.6) is 5.75 Å². The van der Waals surface area contributed by atoms with Gasteiger partial charge in [0.2, 0.25) is 0 Å². The zero-order chi connectivity index (χ0) is 11.3. The molecule has 0 spiro atoms. The molecule has 1 rings (SSSR count). The van der Waals surface area contributed by atoms with Crippen LogP contribution < -0.4 is 4.74 Å². The lowest BCUT2D eigenvalue weighted by molar-refractivity contribution is 0.413. The van der Waals surface area contributed by atoms with Gasteiger partial charge in [0.15, 0.2) is 0 Å². The highest BCUT2D eigenvalue weighted by molar-refractivity contribution is 5.38. The molecule has 0 aromatic heterocycles. The average molecular weight is 203 g/mol. The van der Waals surface area contributed by atoms with Crippen molar-refractivity contribution < 1.29 is 4.74 Å². The third-order valence-corrected chi connectivity index (χ3v) is 2.48. The molecule has 0 heterocycles. The number of hydrogen-bond acceptors (Lipinski definition) is 1. The third kappa shape index (κ3) is 3.12. The number of aryl methyl sites for hydroxylation is 1. The van der Waals surface area contributed by atoms with Gasteiger partial charge < -0.3 is 4.74 Å². The van der Waals surface area contributed by atoms with Crippen molar-refractivity contribution in [1.29, 1.82) is 0 Å². The molecule has 0 aliphatic rings. The first-order valence-corrected chi connectivity index (χ1v) is 5.34. The lowest BCUT2D eigenvalue weighted by atomic mass is 9.97. The van der Waals surface area contributed by atoms with Gasteiger partial charge in [-0.05, 0) is 36.6 Å². The van der Waals surface area contributed by atoms with Crippen LogP contribution in [-0.2, 0) is 6.42 Å². The molecule has 15 heavy (non-hydrogen) atoms. The Bertz CT molecular complexity index is 328. The fraction of sp³-hybridized carbons (Fsp3) is 0.357. The van der Waals surface area contributed by atoms with Crippen molar-refractivity contribution in [3.05, 3.63) is 48.9 Å². The van der Waals surface area contributed by atoms with E-state index in [0.29, 0.717) is 0 Å². The molecule has 0 saturated heterocycles. The number of rotatable bonds is 5. The first-order valence-electron chi connectivity index (χ1n) is 5.34. The van der Waals surface area contributed by atoms with Gasteiger partial charge in [0.1, 0.15) is 5.75 Å². The molecular formula is C14H19O. The normalized spacial score (nSPS) is 12.2. The minimum atomic E-state index is 0.135. The lowest BCUT2D eigenvalue weighted by Crippen LogP contribution is -1.95. The minimum Gasteiger partial charge on any atom is -0.497 e. The number of allylic oxidation sites excluding steroid dienone is 1. The standard InChI is InChI=1S/C14H19O/c1-5-7-12-8-13(11(3)6-2)10-14(9-12)15-4/h6,8-11H,2-3,5,7H2,1,4H3. The molecule has 1 aromatic rings. The summed E-state index contributed by atoms with van der Waals surface area (Å²) in [5.41, 5.74) is 2.48. The summed E-state index contributed by atoms with van der Waals surface area (Å²) >= 11 is 0. The number of hydrogen-bond donors (Lipinski definition) is 0. The first-order chi connectivity index (χ1) is 7.21. The molecule has 0 saturated carbocycles. The molecule has 0 fully saturated rings. The summed E-state index contributed by atoms with van der Waals surface area (Å²) in [5.74, 6) is 1.04. The Morgan fingerprint density at radius 2 is 2.13 bits per heavy atom. The molecule has 0 aliphatic heterocycles. The van der Waals surface area contributed by atoms with E-state index in [9.17, 15) is 0 Å². The predicted molar refractivity (Wildman–Crippen MR) is 65.3 cm³/mol. The van der Waals surface area contributed by atoms with Gasteiger partial charge in [-0.3, -0.25) is 0 Å². The molecule has 1 nitrogen and oxygen atoms in total. The predicted octanol–water partition coefficient (Wildman–Crippen LogP) is 3.75. The molecule has 81 valence electrons. The van der Waals surface area contributed by atoms with Crippen LogP contribution in [0, 0.1) is 6.92 Å². The van der Waals surface area contributed by atoms with Gasteiger partial charge in [0.25, 0.3) is 0 Å². The maximum absolute atomic E-state index is 5.27. The van der Waals surface area contributed by atoms with E-state index in [1.807, 2.05) is 12.1 Å². The zero-order valence-corrected chi connectivity index (χ0v) is 9.62. The monoisotopic (exact) mass is 203 g/mol. The van der Waals surface area contributed by atoms with E-state index in [0.717, 1.165) is 18.6 Å². The van der Waals surface area contributed by atoms with Crippen LogP contribution in [0.15, 0.2) is 30.9 Å². The molecule has 0 amide bonds. The molecule has 1 unspecified atom stereocenters. The topological polar surface area (TPSA) is 9.23 Å². The summed E-state index contributed by atoms with van der Waals surface area (Å²) < 4.78 is 5.27. The van der Waals surface area contributed by atoms with Crippen LogP contribution in [0.1, 0.15) is 30.4 Å². The molecule has 0 N–H and O–H groups in total. The van der Waals surface area contributed by atoms with E-state index >= 15 is 0 Å². The summed E-state index contributed by atoms with van der Waals surface area (Å²) in [7, 11) is 1.70. The summed E-state index contributed by atoms with van der Waals surface area (Å²) in [4.78, 5) is 0. The molecule has 1 atom stereocenters. The van der Waals surface area contributed by atoms with E-state index < -0.39 is 0 Å². The second-order valence-electron chi connectivity index (χ2n) is 3.71. The highest BCUT2D eigenvalue weighted by Crippen LogP contribution is 2.24. The van der Waals surface area contributed by atoms with Crippen LogP contribution in [0.2, 0.25) is 0 Å². The van der Waals surface area contributed by atoms with Crippen LogP contribution in [0.25, 0.3) is 0 Å². The largest absolute Gasteiger partial charge is 0.497 e. The lowest BCUT2D eigenvalue weighted by Gasteiger charge is -2.11. The fourth-order valence-electron chi connectivity index (χ4n) is 1.59. The Morgan fingerprint density at radius 3 is 2.67 bits per heavy atom. The van der Waals surface area contributed by atoms with Gasteiger partial charge in [0.05, 0.1) is 7.11 Å². The summed E-state index contributed by atoms with van der Waals surface area (Å²) in [6, 6.07) is 6.30. The Hall–Kier alpha value is -1.24. The highest BCUT2D eigenvalue weighted by atomic mass is 16.5. The smallest absolute Gasteiger partial charge is 0.119 e. The molecule has 1 radical (unpaired) electrons. The van der Waals surface area contributed by atoms with Crippen LogP contribution in [0.4, 0.5) is 0 Å². The third-order valence-electron chi connectivity index (χ3n) is 2.48. The van der Waals surface area contributed by atoms with Crippen LogP contribution in [-0.4, -0.2) is 7.11 Å². The van der Waals surface area contributed by atoms with Crippen molar-refractivity contribution in [1.82, 2.24) is 0 Å².